The third-order valence-electron chi connectivity index (χ3n) is 5.27. The van der Waals surface area contributed by atoms with E-state index in [1.165, 1.54) is 6.42 Å². The monoisotopic (exact) mass is 376 g/mol. The van der Waals surface area contributed by atoms with Crippen molar-refractivity contribution in [3.63, 3.8) is 0 Å². The zero-order valence-corrected chi connectivity index (χ0v) is 16.8. The van der Waals surface area contributed by atoms with Gasteiger partial charge in [0.05, 0.1) is 29.0 Å². The summed E-state index contributed by atoms with van der Waals surface area (Å²) in [5.41, 5.74) is 4.84. The number of likely N-dealkylation sites (N-methyl/N-ethyl adjacent to an activating group) is 1. The Morgan fingerprint density at radius 2 is 1.64 bits per heavy atom. The molecule has 0 bridgehead atoms. The highest BCUT2D eigenvalue weighted by Gasteiger charge is 2.19. The van der Waals surface area contributed by atoms with E-state index in [9.17, 15) is 0 Å². The average molecular weight is 377 g/mol. The van der Waals surface area contributed by atoms with E-state index in [1.54, 1.807) is 0 Å². The summed E-state index contributed by atoms with van der Waals surface area (Å²) in [7, 11) is 2.20. The van der Waals surface area contributed by atoms with Crippen LogP contribution in [0.2, 0.25) is 0 Å². The van der Waals surface area contributed by atoms with Gasteiger partial charge in [-0.1, -0.05) is 24.3 Å². The minimum absolute atomic E-state index is 0.631. The van der Waals surface area contributed by atoms with Crippen LogP contribution in [-0.2, 0) is 6.54 Å². The first-order valence-corrected chi connectivity index (χ1v) is 10.1. The van der Waals surface area contributed by atoms with Crippen LogP contribution in [0.3, 0.4) is 0 Å². The fourth-order valence-corrected chi connectivity index (χ4v) is 3.78. The largest absolute Gasteiger partial charge is 0.493 e. The summed E-state index contributed by atoms with van der Waals surface area (Å²) in [6, 6.07) is 16.3. The first kappa shape index (κ1) is 18.8. The van der Waals surface area contributed by atoms with E-state index < -0.39 is 0 Å². The van der Waals surface area contributed by atoms with E-state index in [-0.39, 0.29) is 0 Å². The van der Waals surface area contributed by atoms with Crippen molar-refractivity contribution in [3.05, 3.63) is 54.2 Å². The number of hydrogen-bond acceptors (Lipinski definition) is 5. The van der Waals surface area contributed by atoms with Crippen molar-refractivity contribution in [3.8, 4) is 17.0 Å². The molecule has 5 heteroatoms. The molecular formula is C23H28N4O. The Kier molecular flexibility index (Phi) is 5.84. The van der Waals surface area contributed by atoms with Gasteiger partial charge in [0, 0.05) is 25.2 Å². The number of nitrogens with zero attached hydrogens (tertiary/aromatic N) is 4. The molecule has 4 rings (SSSR count). The number of hydrogen-bond donors (Lipinski definition) is 0. The van der Waals surface area contributed by atoms with Gasteiger partial charge in [0.15, 0.2) is 0 Å². The van der Waals surface area contributed by atoms with Crippen molar-refractivity contribution >= 4 is 11.0 Å². The van der Waals surface area contributed by atoms with Crippen LogP contribution in [0, 0.1) is 0 Å². The summed E-state index contributed by atoms with van der Waals surface area (Å²) in [5.74, 6) is 0.867. The molecule has 5 nitrogen and oxygen atoms in total. The molecule has 1 aliphatic rings. The maximum atomic E-state index is 5.89. The lowest BCUT2D eigenvalue weighted by molar-refractivity contribution is 0.267. The Balaban J connectivity index is 1.77. The fourth-order valence-electron chi connectivity index (χ4n) is 3.78. The number of benzene rings is 2. The number of para-hydroxylation sites is 3. The zero-order valence-electron chi connectivity index (χ0n) is 16.8. The molecule has 0 unspecified atom stereocenters. The van der Waals surface area contributed by atoms with E-state index >= 15 is 0 Å². The second-order valence-corrected chi connectivity index (χ2v) is 7.37. The van der Waals surface area contributed by atoms with Crippen LogP contribution in [0.25, 0.3) is 22.3 Å². The van der Waals surface area contributed by atoms with Gasteiger partial charge < -0.3 is 9.64 Å². The topological polar surface area (TPSA) is 41.5 Å². The molecule has 2 aromatic carbocycles. The maximum Gasteiger partial charge on any atom is 0.128 e. The molecule has 0 spiro atoms. The van der Waals surface area contributed by atoms with Gasteiger partial charge in [0.2, 0.25) is 0 Å². The molecule has 3 aromatic rings. The predicted molar refractivity (Wildman–Crippen MR) is 114 cm³/mol. The standard InChI is InChI=1S/C23H28N4O/c1-3-28-22-12-7-4-9-18(22)23-21(17-27-14-8-13-26(2)15-16-27)24-19-10-5-6-11-20(19)25-23/h4-7,9-12H,3,8,13-17H2,1-2H3. The highest BCUT2D eigenvalue weighted by Crippen LogP contribution is 2.32. The molecule has 0 amide bonds. The van der Waals surface area contributed by atoms with Gasteiger partial charge in [0.1, 0.15) is 5.75 Å². The van der Waals surface area contributed by atoms with E-state index in [1.807, 2.05) is 49.4 Å². The number of rotatable bonds is 5. The lowest BCUT2D eigenvalue weighted by atomic mass is 10.1. The molecule has 146 valence electrons. The van der Waals surface area contributed by atoms with Gasteiger partial charge >= 0.3 is 0 Å². The Hall–Kier alpha value is -2.50. The molecule has 2 heterocycles. The van der Waals surface area contributed by atoms with Crippen LogP contribution in [0.4, 0.5) is 0 Å². The van der Waals surface area contributed by atoms with E-state index in [4.69, 9.17) is 14.7 Å². The molecule has 1 aromatic heterocycles. The van der Waals surface area contributed by atoms with E-state index in [0.717, 1.165) is 66.5 Å². The van der Waals surface area contributed by atoms with Gasteiger partial charge in [0.25, 0.3) is 0 Å². The summed E-state index contributed by atoms with van der Waals surface area (Å²) in [6.45, 7) is 7.83. The Morgan fingerprint density at radius 3 is 2.46 bits per heavy atom. The number of aromatic nitrogens is 2. The minimum Gasteiger partial charge on any atom is -0.493 e. The van der Waals surface area contributed by atoms with Crippen molar-refractivity contribution in [1.29, 1.82) is 0 Å². The van der Waals surface area contributed by atoms with Crippen LogP contribution in [-0.4, -0.2) is 59.6 Å². The summed E-state index contributed by atoms with van der Waals surface area (Å²) in [4.78, 5) is 14.9. The van der Waals surface area contributed by atoms with Crippen LogP contribution in [0.1, 0.15) is 19.0 Å². The van der Waals surface area contributed by atoms with Crippen LogP contribution < -0.4 is 4.74 Å². The third kappa shape index (κ3) is 4.16. The highest BCUT2D eigenvalue weighted by atomic mass is 16.5. The Labute approximate surface area is 167 Å². The van der Waals surface area contributed by atoms with Crippen LogP contribution >= 0.6 is 0 Å². The summed E-state index contributed by atoms with van der Waals surface area (Å²) >= 11 is 0. The molecule has 28 heavy (non-hydrogen) atoms. The summed E-state index contributed by atoms with van der Waals surface area (Å²) < 4.78 is 5.89. The molecular weight excluding hydrogens is 348 g/mol. The Bertz CT molecular complexity index is 943. The summed E-state index contributed by atoms with van der Waals surface area (Å²) in [6.07, 6.45) is 1.18. The lowest BCUT2D eigenvalue weighted by Gasteiger charge is -2.21. The normalized spacial score (nSPS) is 16.2. The van der Waals surface area contributed by atoms with Crippen molar-refractivity contribution in [2.24, 2.45) is 0 Å². The van der Waals surface area contributed by atoms with Gasteiger partial charge in [-0.3, -0.25) is 4.90 Å². The molecule has 0 radical (unpaired) electrons. The summed E-state index contributed by atoms with van der Waals surface area (Å²) in [5, 5.41) is 0. The van der Waals surface area contributed by atoms with Crippen LogP contribution in [0.5, 0.6) is 5.75 Å². The number of ether oxygens (including phenoxy) is 1. The second-order valence-electron chi connectivity index (χ2n) is 7.37. The van der Waals surface area contributed by atoms with Gasteiger partial charge in [-0.25, -0.2) is 9.97 Å². The van der Waals surface area contributed by atoms with Crippen molar-refractivity contribution in [2.75, 3.05) is 39.8 Å². The smallest absolute Gasteiger partial charge is 0.128 e. The van der Waals surface area contributed by atoms with E-state index in [0.29, 0.717) is 6.61 Å². The zero-order chi connectivity index (χ0) is 19.3. The quantitative estimate of drug-likeness (QED) is 0.677. The average Bonchev–Trinajstić information content (AvgIpc) is 2.92. The molecule has 1 saturated heterocycles. The van der Waals surface area contributed by atoms with E-state index in [2.05, 4.69) is 22.9 Å². The first-order chi connectivity index (χ1) is 13.7. The minimum atomic E-state index is 0.631. The number of fused-ring (bicyclic) bond motifs is 1. The van der Waals surface area contributed by atoms with Gasteiger partial charge in [-0.15, -0.1) is 0 Å². The lowest BCUT2D eigenvalue weighted by Crippen LogP contribution is -2.29. The van der Waals surface area contributed by atoms with Crippen molar-refractivity contribution in [1.82, 2.24) is 19.8 Å². The molecule has 0 N–H and O–H groups in total. The highest BCUT2D eigenvalue weighted by molar-refractivity contribution is 5.80. The molecule has 1 aliphatic heterocycles. The second kappa shape index (κ2) is 8.67. The van der Waals surface area contributed by atoms with Crippen LogP contribution in [0.15, 0.2) is 48.5 Å². The third-order valence-corrected chi connectivity index (χ3v) is 5.27. The molecule has 0 aliphatic carbocycles. The van der Waals surface area contributed by atoms with Gasteiger partial charge in [-0.05, 0) is 57.7 Å². The van der Waals surface area contributed by atoms with Gasteiger partial charge in [-0.2, -0.15) is 0 Å². The Morgan fingerprint density at radius 1 is 0.893 bits per heavy atom. The maximum absolute atomic E-state index is 5.89. The predicted octanol–water partition coefficient (Wildman–Crippen LogP) is 3.83. The first-order valence-electron chi connectivity index (χ1n) is 10.1. The molecule has 0 atom stereocenters. The molecule has 0 saturated carbocycles. The van der Waals surface area contributed by atoms with Crippen molar-refractivity contribution < 1.29 is 4.74 Å². The van der Waals surface area contributed by atoms with Crippen molar-refractivity contribution in [2.45, 2.75) is 19.9 Å². The molecule has 1 fully saturated rings. The SMILES string of the molecule is CCOc1ccccc1-c1nc2ccccc2nc1CN1CCCN(C)CC1. The fraction of sp³-hybridized carbons (Fsp3) is 0.391.